The lowest BCUT2D eigenvalue weighted by atomic mass is 10.0. The van der Waals surface area contributed by atoms with Crippen molar-refractivity contribution in [2.24, 2.45) is 5.92 Å². The topological polar surface area (TPSA) is 206 Å². The molecule has 16 heteroatoms. The van der Waals surface area contributed by atoms with Gasteiger partial charge in [-0.3, -0.25) is 24.2 Å². The molecule has 2 atom stereocenters. The molecule has 0 saturated carbocycles. The van der Waals surface area contributed by atoms with Crippen LogP contribution in [0.5, 0.6) is 0 Å². The largest absolute Gasteiger partial charge is 0.471 e. The number of aryl methyl sites for hydroxylation is 1. The fraction of sp³-hybridized carbons (Fsp3) is 0.489. The number of rotatable bonds is 15. The molecule has 0 bridgehead atoms. The number of methoxy groups -OCH3 is 2. The molecule has 2 fully saturated rings. The first kappa shape index (κ1) is 48.0. The van der Waals surface area contributed by atoms with Gasteiger partial charge in [0.1, 0.15) is 11.6 Å². The number of likely N-dealkylation sites (N-methyl/N-ethyl adjacent to an activating group) is 1. The fourth-order valence-corrected chi connectivity index (χ4v) is 7.21. The summed E-state index contributed by atoms with van der Waals surface area (Å²) in [5.74, 6) is 1.88. The molecular formula is C45H63N9O7. The SMILES string of the molecule is C1CCOCC1.CNC(C(=O)N1CCCC1c1nc2ccc(-c3cc4ccc(-c5cnc(CCCCNC(=O)CNC=O)[nH]5)cc4cn3)cc2[nH]1)C(C)C.COC.COC=O. The van der Waals surface area contributed by atoms with Crippen LogP contribution in [0.1, 0.15) is 76.5 Å². The summed E-state index contributed by atoms with van der Waals surface area (Å²) in [5, 5.41) is 10.4. The van der Waals surface area contributed by atoms with E-state index in [0.29, 0.717) is 19.4 Å². The van der Waals surface area contributed by atoms with Gasteiger partial charge in [-0.1, -0.05) is 32.0 Å². The first-order chi connectivity index (χ1) is 29.7. The van der Waals surface area contributed by atoms with Gasteiger partial charge in [-0.25, -0.2) is 9.97 Å². The van der Waals surface area contributed by atoms with Crippen LogP contribution < -0.4 is 16.0 Å². The summed E-state index contributed by atoms with van der Waals surface area (Å²) in [6, 6.07) is 14.3. The van der Waals surface area contributed by atoms with E-state index in [-0.39, 0.29) is 36.4 Å². The minimum absolute atomic E-state index is 0.00346. The highest BCUT2D eigenvalue weighted by atomic mass is 16.5. The number of amides is 3. The molecule has 0 spiro atoms. The van der Waals surface area contributed by atoms with Crippen LogP contribution >= 0.6 is 0 Å². The minimum Gasteiger partial charge on any atom is -0.471 e. The lowest BCUT2D eigenvalue weighted by Gasteiger charge is -2.29. The predicted molar refractivity (Wildman–Crippen MR) is 236 cm³/mol. The number of aromatic nitrogens is 5. The normalized spacial score (nSPS) is 15.1. The van der Waals surface area contributed by atoms with E-state index in [1.165, 1.54) is 26.4 Å². The Kier molecular flexibility index (Phi) is 20.3. The number of nitrogens with one attached hydrogen (secondary N) is 5. The number of carbonyl (C=O) groups excluding carboxylic acids is 4. The van der Waals surface area contributed by atoms with E-state index in [1.807, 2.05) is 36.5 Å². The number of hydrogen-bond donors (Lipinski definition) is 5. The molecule has 330 valence electrons. The lowest BCUT2D eigenvalue weighted by molar-refractivity contribution is -0.135. The molecule has 0 radical (unpaired) electrons. The minimum atomic E-state index is -0.211. The second-order valence-electron chi connectivity index (χ2n) is 15.1. The fourth-order valence-electron chi connectivity index (χ4n) is 7.21. The zero-order valence-electron chi connectivity index (χ0n) is 36.4. The molecule has 5 N–H and O–H groups in total. The number of fused-ring (bicyclic) bond motifs is 2. The highest BCUT2D eigenvalue weighted by molar-refractivity contribution is 5.90. The van der Waals surface area contributed by atoms with Gasteiger partial charge >= 0.3 is 0 Å². The lowest BCUT2D eigenvalue weighted by Crippen LogP contribution is -2.47. The molecule has 0 aliphatic carbocycles. The maximum Gasteiger partial charge on any atom is 0.292 e. The summed E-state index contributed by atoms with van der Waals surface area (Å²) in [6.45, 7) is 7.81. The van der Waals surface area contributed by atoms with E-state index >= 15 is 0 Å². The van der Waals surface area contributed by atoms with Gasteiger partial charge in [0.25, 0.3) is 6.47 Å². The summed E-state index contributed by atoms with van der Waals surface area (Å²) in [4.78, 5) is 67.3. The smallest absolute Gasteiger partial charge is 0.292 e. The van der Waals surface area contributed by atoms with Crippen molar-refractivity contribution in [2.75, 3.05) is 61.2 Å². The van der Waals surface area contributed by atoms with Crippen molar-refractivity contribution in [1.82, 2.24) is 45.8 Å². The van der Waals surface area contributed by atoms with Gasteiger partial charge in [0.15, 0.2) is 0 Å². The van der Waals surface area contributed by atoms with Crippen LogP contribution in [0.3, 0.4) is 0 Å². The summed E-state index contributed by atoms with van der Waals surface area (Å²) in [6.07, 6.45) is 12.5. The van der Waals surface area contributed by atoms with Crippen molar-refractivity contribution >= 4 is 46.5 Å². The number of aromatic amines is 2. The summed E-state index contributed by atoms with van der Waals surface area (Å²) in [5.41, 5.74) is 5.65. The molecule has 2 unspecified atom stereocenters. The van der Waals surface area contributed by atoms with Gasteiger partial charge in [0.2, 0.25) is 18.2 Å². The first-order valence-electron chi connectivity index (χ1n) is 21.0. The third-order valence-electron chi connectivity index (χ3n) is 10.2. The van der Waals surface area contributed by atoms with Crippen LogP contribution in [0.4, 0.5) is 0 Å². The van der Waals surface area contributed by atoms with Crippen molar-refractivity contribution in [1.29, 1.82) is 0 Å². The Hall–Kier alpha value is -5.71. The molecule has 61 heavy (non-hydrogen) atoms. The zero-order chi connectivity index (χ0) is 44.0. The maximum atomic E-state index is 13.4. The average molecular weight is 842 g/mol. The second-order valence-corrected chi connectivity index (χ2v) is 15.1. The van der Waals surface area contributed by atoms with Gasteiger partial charge in [-0.15, -0.1) is 0 Å². The number of pyridine rings is 1. The Morgan fingerprint density at radius 3 is 2.34 bits per heavy atom. The van der Waals surface area contributed by atoms with Crippen molar-refractivity contribution in [3.05, 3.63) is 66.5 Å². The predicted octanol–water partition coefficient (Wildman–Crippen LogP) is 5.50. The number of unbranched alkanes of at least 4 members (excludes halogenated alkanes) is 1. The third-order valence-corrected chi connectivity index (χ3v) is 10.2. The monoisotopic (exact) mass is 841 g/mol. The van der Waals surface area contributed by atoms with Gasteiger partial charge in [-0.05, 0) is 87.6 Å². The van der Waals surface area contributed by atoms with Crippen molar-refractivity contribution in [2.45, 2.75) is 77.3 Å². The third kappa shape index (κ3) is 14.5. The standard InChI is InChI=1S/C36H43N9O3.C5H10O.C2H4O2.C2H6O/c1-22(2)34(37-3)36(48)45-14-6-7-31(45)35-43-27-12-11-25(17-29(27)44-35)28-16-23-9-10-24(15-26(23)18-40-28)30-19-41-32(42-30)8-4-5-13-39-33(47)20-38-21-46;1-2-4-6-5-3-1;1-4-2-3;1-3-2/h9-12,15-19,21-22,31,34,37H,4-8,13-14,20H2,1-3H3,(H,38,46)(H,39,47)(H,41,42)(H,43,44);1-5H2;2H,1H3;1-2H3. The molecule has 3 aromatic heterocycles. The Morgan fingerprint density at radius 2 is 1.69 bits per heavy atom. The molecule has 5 heterocycles. The second kappa shape index (κ2) is 25.8. The van der Waals surface area contributed by atoms with Gasteiger partial charge in [0, 0.05) is 69.7 Å². The van der Waals surface area contributed by atoms with Crippen LogP contribution in [-0.4, -0.2) is 122 Å². The quantitative estimate of drug-likeness (QED) is 0.0658. The summed E-state index contributed by atoms with van der Waals surface area (Å²) in [7, 11) is 6.41. The van der Waals surface area contributed by atoms with Crippen LogP contribution in [0.25, 0.3) is 44.3 Å². The van der Waals surface area contributed by atoms with E-state index < -0.39 is 0 Å². The number of benzene rings is 2. The van der Waals surface area contributed by atoms with Crippen LogP contribution in [0.2, 0.25) is 0 Å². The van der Waals surface area contributed by atoms with Crippen LogP contribution in [0, 0.1) is 5.92 Å². The van der Waals surface area contributed by atoms with Crippen molar-refractivity contribution in [3.63, 3.8) is 0 Å². The summed E-state index contributed by atoms with van der Waals surface area (Å²) < 4.78 is 13.2. The number of H-pyrrole nitrogens is 2. The van der Waals surface area contributed by atoms with Crippen LogP contribution in [-0.2, 0) is 39.8 Å². The number of carbonyl (C=O) groups is 4. The number of likely N-dealkylation sites (tertiary alicyclic amines) is 1. The number of hydrogen-bond acceptors (Lipinski definition) is 11. The highest BCUT2D eigenvalue weighted by Crippen LogP contribution is 2.34. The number of nitrogens with zero attached hydrogens (tertiary/aromatic N) is 4. The molecule has 2 aliphatic heterocycles. The Labute approximate surface area is 358 Å². The molecule has 5 aromatic rings. The molecular weight excluding hydrogens is 779 g/mol. The first-order valence-corrected chi connectivity index (χ1v) is 21.0. The highest BCUT2D eigenvalue weighted by Gasteiger charge is 2.36. The Bertz CT molecular complexity index is 2100. The van der Waals surface area contributed by atoms with Crippen molar-refractivity contribution in [3.8, 4) is 22.5 Å². The Morgan fingerprint density at radius 1 is 0.934 bits per heavy atom. The van der Waals surface area contributed by atoms with Gasteiger partial charge in [0.05, 0.1) is 54.4 Å². The molecule has 3 amide bonds. The number of ether oxygens (including phenoxy) is 3. The van der Waals surface area contributed by atoms with E-state index in [1.54, 1.807) is 14.2 Å². The molecule has 7 rings (SSSR count). The van der Waals surface area contributed by atoms with Crippen LogP contribution in [0.15, 0.2) is 54.9 Å². The molecule has 16 nitrogen and oxygen atoms in total. The van der Waals surface area contributed by atoms with E-state index in [4.69, 9.17) is 19.5 Å². The molecule has 2 aliphatic rings. The average Bonchev–Trinajstić information content (AvgIpc) is 4.07. The van der Waals surface area contributed by atoms with E-state index in [2.05, 4.69) is 84.6 Å². The van der Waals surface area contributed by atoms with E-state index in [0.717, 1.165) is 108 Å². The maximum absolute atomic E-state index is 13.4. The molecule has 2 saturated heterocycles. The zero-order valence-corrected chi connectivity index (χ0v) is 36.4. The van der Waals surface area contributed by atoms with Gasteiger partial charge in [-0.2, -0.15) is 0 Å². The Balaban J connectivity index is 0.000000547. The van der Waals surface area contributed by atoms with E-state index in [9.17, 15) is 14.4 Å². The van der Waals surface area contributed by atoms with Crippen molar-refractivity contribution < 1.29 is 33.4 Å². The van der Waals surface area contributed by atoms with Gasteiger partial charge < -0.3 is 45.0 Å². The number of imidazole rings is 2. The summed E-state index contributed by atoms with van der Waals surface area (Å²) >= 11 is 0. The molecule has 2 aromatic carbocycles.